The summed E-state index contributed by atoms with van der Waals surface area (Å²) in [6.45, 7) is 7.86. The molecule has 0 saturated carbocycles. The van der Waals surface area contributed by atoms with E-state index in [4.69, 9.17) is 9.26 Å². The van der Waals surface area contributed by atoms with Crippen molar-refractivity contribution in [2.45, 2.75) is 64.6 Å². The molecule has 3 atom stereocenters. The fourth-order valence-corrected chi connectivity index (χ4v) is 10.5. The molecule has 3 amide bonds. The number of carbonyl (C=O) groups excluding carboxylic acids is 3. The molecular formula is C58H60N3O7P. The van der Waals surface area contributed by atoms with Gasteiger partial charge < -0.3 is 30.3 Å². The Morgan fingerprint density at radius 1 is 0.594 bits per heavy atom. The molecule has 11 heteroatoms. The van der Waals surface area contributed by atoms with E-state index in [0.29, 0.717) is 40.8 Å². The summed E-state index contributed by atoms with van der Waals surface area (Å²) in [6.07, 6.45) is -0.272. The minimum Gasteiger partial charge on any atom is -0.493 e. The van der Waals surface area contributed by atoms with Crippen LogP contribution >= 0.6 is 7.37 Å². The number of aliphatic hydroxyl groups excluding tert-OH is 1. The quantitative estimate of drug-likeness (QED) is 0.0415. The smallest absolute Gasteiger partial charge is 0.306 e. The summed E-state index contributed by atoms with van der Waals surface area (Å²) in [5.41, 5.74) is 2.24. The van der Waals surface area contributed by atoms with Crippen LogP contribution in [0.2, 0.25) is 0 Å². The molecular weight excluding hydrogens is 882 g/mol. The molecule has 69 heavy (non-hydrogen) atoms. The summed E-state index contributed by atoms with van der Waals surface area (Å²) in [7, 11) is -3.55. The first-order valence-electron chi connectivity index (χ1n) is 23.3. The highest BCUT2D eigenvalue weighted by molar-refractivity contribution is 7.74. The van der Waals surface area contributed by atoms with Crippen molar-refractivity contribution in [1.29, 1.82) is 0 Å². The van der Waals surface area contributed by atoms with Crippen LogP contribution in [0.4, 0.5) is 5.69 Å². The SMILES string of the molecule is CC(CC(C)(C)COc1ccc(C(C)O)cc1)C(=O)NC(CCC(=O)NC(c1ccccc1)(c1ccccc1)c1ccccc1)C(=O)Nc1ccc(OP(=O)(c2ccccc2)c2ccccc2)cc1. The number of amides is 3. The predicted octanol–water partition coefficient (Wildman–Crippen LogP) is 10.5. The third-order valence-electron chi connectivity index (χ3n) is 12.1. The van der Waals surface area contributed by atoms with Gasteiger partial charge in [0.05, 0.1) is 23.3 Å². The number of benzene rings is 7. The van der Waals surface area contributed by atoms with Gasteiger partial charge in [-0.2, -0.15) is 0 Å². The van der Waals surface area contributed by atoms with Crippen LogP contribution in [0, 0.1) is 11.3 Å². The molecule has 10 nitrogen and oxygen atoms in total. The third kappa shape index (κ3) is 12.6. The number of hydrogen-bond acceptors (Lipinski definition) is 7. The van der Waals surface area contributed by atoms with Crippen molar-refractivity contribution in [3.8, 4) is 11.5 Å². The Bertz CT molecular complexity index is 2650. The largest absolute Gasteiger partial charge is 0.493 e. The van der Waals surface area contributed by atoms with Crippen LogP contribution in [0.15, 0.2) is 200 Å². The highest BCUT2D eigenvalue weighted by atomic mass is 31.2. The molecule has 0 aromatic heterocycles. The van der Waals surface area contributed by atoms with Crippen LogP contribution in [0.1, 0.15) is 75.3 Å². The molecule has 0 spiro atoms. The normalized spacial score (nSPS) is 13.0. The van der Waals surface area contributed by atoms with Crippen molar-refractivity contribution in [3.05, 3.63) is 222 Å². The molecule has 0 bridgehead atoms. The maximum atomic E-state index is 14.6. The summed E-state index contributed by atoms with van der Waals surface area (Å²) in [5, 5.41) is 20.3. The summed E-state index contributed by atoms with van der Waals surface area (Å²) in [4.78, 5) is 42.9. The zero-order valence-electron chi connectivity index (χ0n) is 39.5. The van der Waals surface area contributed by atoms with Crippen LogP contribution in [-0.4, -0.2) is 35.5 Å². The standard InChI is InChI=1S/C58H60N3O7P/c1-42(40-57(3,4)41-67-49-34-30-44(31-35-49)43(2)62)55(64)60-53(38-39-54(63)61-58(45-20-10-5-11-21-45,46-22-12-6-13-23-46)47-24-14-7-15-25-47)56(65)59-48-32-36-50(37-33-48)68-69(66,51-26-16-8-17-27-51)52-28-18-9-19-29-52/h5-37,42-43,53,62H,38-41H2,1-4H3,(H,59,65)(H,60,64)(H,61,63). The highest BCUT2D eigenvalue weighted by Crippen LogP contribution is 2.45. The number of carbonyl (C=O) groups is 3. The van der Waals surface area contributed by atoms with E-state index in [1.54, 1.807) is 55.5 Å². The molecule has 7 aromatic rings. The van der Waals surface area contributed by atoms with Crippen LogP contribution in [-0.2, 0) is 24.5 Å². The van der Waals surface area contributed by atoms with E-state index in [9.17, 15) is 24.1 Å². The van der Waals surface area contributed by atoms with Crippen LogP contribution in [0.5, 0.6) is 11.5 Å². The topological polar surface area (TPSA) is 143 Å². The van der Waals surface area contributed by atoms with Gasteiger partial charge in [-0.15, -0.1) is 0 Å². The predicted molar refractivity (Wildman–Crippen MR) is 274 cm³/mol. The lowest BCUT2D eigenvalue weighted by Crippen LogP contribution is -2.49. The average molecular weight is 942 g/mol. The summed E-state index contributed by atoms with van der Waals surface area (Å²) >= 11 is 0. The van der Waals surface area contributed by atoms with Crippen LogP contribution in [0.25, 0.3) is 0 Å². The van der Waals surface area contributed by atoms with Crippen molar-refractivity contribution >= 4 is 41.4 Å². The zero-order valence-corrected chi connectivity index (χ0v) is 40.4. The van der Waals surface area contributed by atoms with E-state index in [1.807, 2.05) is 172 Å². The van der Waals surface area contributed by atoms with Gasteiger partial charge in [0, 0.05) is 18.0 Å². The Kier molecular flexibility index (Phi) is 16.3. The number of rotatable bonds is 21. The molecule has 0 aliphatic rings. The van der Waals surface area contributed by atoms with Crippen LogP contribution in [0.3, 0.4) is 0 Å². The van der Waals surface area contributed by atoms with Crippen molar-refractivity contribution in [1.82, 2.24) is 10.6 Å². The molecule has 0 saturated heterocycles. The van der Waals surface area contributed by atoms with Gasteiger partial charge in [-0.1, -0.05) is 160 Å². The van der Waals surface area contributed by atoms with Gasteiger partial charge in [0.1, 0.15) is 23.1 Å². The Hall–Kier alpha value is -7.26. The zero-order chi connectivity index (χ0) is 48.9. The molecule has 4 N–H and O–H groups in total. The molecule has 3 unspecified atom stereocenters. The van der Waals surface area contributed by atoms with Gasteiger partial charge in [-0.3, -0.25) is 18.9 Å². The lowest BCUT2D eigenvalue weighted by Gasteiger charge is -2.37. The van der Waals surface area contributed by atoms with E-state index >= 15 is 0 Å². The van der Waals surface area contributed by atoms with Crippen molar-refractivity contribution < 1.29 is 33.3 Å². The van der Waals surface area contributed by atoms with E-state index in [-0.39, 0.29) is 24.7 Å². The Labute approximate surface area is 405 Å². The van der Waals surface area contributed by atoms with Crippen molar-refractivity contribution in [2.75, 3.05) is 11.9 Å². The Morgan fingerprint density at radius 3 is 1.51 bits per heavy atom. The maximum absolute atomic E-state index is 14.6. The van der Waals surface area contributed by atoms with Crippen molar-refractivity contribution in [2.24, 2.45) is 11.3 Å². The first kappa shape index (κ1) is 49.6. The van der Waals surface area contributed by atoms with E-state index < -0.39 is 42.3 Å². The number of nitrogens with one attached hydrogen (secondary N) is 3. The monoisotopic (exact) mass is 941 g/mol. The Morgan fingerprint density at radius 2 is 1.04 bits per heavy atom. The molecule has 7 aromatic carbocycles. The van der Waals surface area contributed by atoms with Crippen molar-refractivity contribution in [3.63, 3.8) is 0 Å². The van der Waals surface area contributed by atoms with Gasteiger partial charge >= 0.3 is 7.37 Å². The number of hydrogen-bond donors (Lipinski definition) is 4. The summed E-state index contributed by atoms with van der Waals surface area (Å²) < 4.78 is 27.0. The highest BCUT2D eigenvalue weighted by Gasteiger charge is 2.38. The summed E-state index contributed by atoms with van der Waals surface area (Å²) in [6, 6.07) is 60.1. The second-order valence-electron chi connectivity index (χ2n) is 18.1. The first-order chi connectivity index (χ1) is 33.3. The number of anilines is 1. The Balaban J connectivity index is 1.10. The summed E-state index contributed by atoms with van der Waals surface area (Å²) in [5.74, 6) is -0.737. The molecule has 0 aliphatic heterocycles. The minimum absolute atomic E-state index is 0.0158. The minimum atomic E-state index is -3.55. The molecule has 0 radical (unpaired) electrons. The molecule has 354 valence electrons. The van der Waals surface area contributed by atoms with Gasteiger partial charge in [0.25, 0.3) is 0 Å². The maximum Gasteiger partial charge on any atom is 0.306 e. The molecule has 0 aliphatic carbocycles. The second kappa shape index (κ2) is 22.7. The van der Waals surface area contributed by atoms with Crippen LogP contribution < -0.4 is 35.8 Å². The average Bonchev–Trinajstić information content (AvgIpc) is 3.38. The van der Waals surface area contributed by atoms with E-state index in [2.05, 4.69) is 16.0 Å². The lowest BCUT2D eigenvalue weighted by atomic mass is 9.77. The van der Waals surface area contributed by atoms with Gasteiger partial charge in [0.2, 0.25) is 17.7 Å². The second-order valence-corrected chi connectivity index (χ2v) is 20.4. The number of aliphatic hydroxyl groups is 1. The molecule has 0 heterocycles. The fraction of sp³-hybridized carbons (Fsp3) is 0.224. The van der Waals surface area contributed by atoms with E-state index in [1.165, 1.54) is 0 Å². The van der Waals surface area contributed by atoms with E-state index in [0.717, 1.165) is 22.3 Å². The first-order valence-corrected chi connectivity index (χ1v) is 24.9. The van der Waals surface area contributed by atoms with Gasteiger partial charge in [-0.05, 0) is 108 Å². The molecule has 0 fully saturated rings. The molecule has 7 rings (SSSR count). The van der Waals surface area contributed by atoms with Gasteiger partial charge in [-0.25, -0.2) is 0 Å². The third-order valence-corrected chi connectivity index (χ3v) is 14.5. The fourth-order valence-electron chi connectivity index (χ4n) is 8.49. The van der Waals surface area contributed by atoms with Gasteiger partial charge in [0.15, 0.2) is 0 Å². The lowest BCUT2D eigenvalue weighted by molar-refractivity contribution is -0.130. The number of ether oxygens (including phenoxy) is 1.